The third kappa shape index (κ3) is 8.68. The average molecular weight is 848 g/mol. The van der Waals surface area contributed by atoms with E-state index in [4.69, 9.17) is 14.5 Å². The van der Waals surface area contributed by atoms with E-state index in [1.807, 2.05) is 30.3 Å². The summed E-state index contributed by atoms with van der Waals surface area (Å²) in [6, 6.07) is 17.9. The number of fused-ring (bicyclic) bond motifs is 1. The molecule has 5 unspecified atom stereocenters. The summed E-state index contributed by atoms with van der Waals surface area (Å²) in [5.41, 5.74) is -0.757. The van der Waals surface area contributed by atoms with Crippen LogP contribution in [0.1, 0.15) is 46.5 Å². The van der Waals surface area contributed by atoms with Crippen molar-refractivity contribution in [3.8, 4) is 22.8 Å². The molecule has 3 aromatic carbocycles. The van der Waals surface area contributed by atoms with Gasteiger partial charge in [0.25, 0.3) is 5.91 Å². The van der Waals surface area contributed by atoms with Crippen molar-refractivity contribution in [3.05, 3.63) is 97.3 Å². The maximum Gasteiger partial charge on any atom is 0.259 e. The van der Waals surface area contributed by atoms with Crippen molar-refractivity contribution in [2.24, 2.45) is 11.3 Å². The first-order valence-electron chi connectivity index (χ1n) is 19.1. The van der Waals surface area contributed by atoms with E-state index in [0.29, 0.717) is 40.9 Å². The normalized spacial score (nSPS) is 22.3. The van der Waals surface area contributed by atoms with Gasteiger partial charge in [0.05, 0.1) is 35.0 Å². The van der Waals surface area contributed by atoms with Gasteiger partial charge in [-0.3, -0.25) is 19.1 Å². The summed E-state index contributed by atoms with van der Waals surface area (Å²) in [6.07, 6.45) is 1.44. The minimum atomic E-state index is -4.39. The van der Waals surface area contributed by atoms with Crippen LogP contribution in [-0.4, -0.2) is 87.1 Å². The van der Waals surface area contributed by atoms with Gasteiger partial charge in [-0.25, -0.2) is 26.2 Å². The smallest absolute Gasteiger partial charge is 0.259 e. The molecule has 1 saturated heterocycles. The fourth-order valence-electron chi connectivity index (χ4n) is 7.33. The van der Waals surface area contributed by atoms with E-state index in [9.17, 15) is 35.6 Å². The van der Waals surface area contributed by atoms with Crippen LogP contribution >= 0.6 is 0 Å². The Labute approximate surface area is 342 Å². The SMILES string of the molecule is C=CC1CC1(NC(=O)C1CC(Oc2cc(-c3ccccc3)nc3cc(OC)ccc23)CN1C(=O)C(NS(=O)(=O)c1ccc(F)cc1)C(C)(C)C)C(=O)NS(=O)(=O)C1CC1. The van der Waals surface area contributed by atoms with Gasteiger partial charge < -0.3 is 19.7 Å². The van der Waals surface area contributed by atoms with Crippen LogP contribution in [0.5, 0.6) is 11.5 Å². The standard InChI is InChI=1S/C42H46FN5O9S2/c1-6-26-23-42(26,40(51)47-59(54,55)31-17-18-31)45-38(49)35-21-29(24-48(35)39(50)37(41(2,3)4)46-58(52,53)30-15-12-27(43)13-16-30)57-36-22-33(25-10-8-7-9-11-25)44-34-20-28(56-5)14-19-32(34)36/h6-16,19-20,22,26,29,31,35,37,46H,1,17-18,21,23-24H2,2-5H3,(H,45,49)(H,47,51). The van der Waals surface area contributed by atoms with Gasteiger partial charge in [0.2, 0.25) is 31.9 Å². The number of nitrogens with zero attached hydrogens (tertiary/aromatic N) is 2. The van der Waals surface area contributed by atoms with Crippen LogP contribution in [0.15, 0.2) is 96.4 Å². The Kier molecular flexibility index (Phi) is 11.1. The monoisotopic (exact) mass is 847 g/mol. The van der Waals surface area contributed by atoms with Crippen molar-refractivity contribution < 1.29 is 45.1 Å². The summed E-state index contributed by atoms with van der Waals surface area (Å²) in [4.78, 5) is 48.7. The molecule has 17 heteroatoms. The summed E-state index contributed by atoms with van der Waals surface area (Å²) < 4.78 is 83.3. The van der Waals surface area contributed by atoms with E-state index in [1.54, 1.807) is 45.0 Å². The quantitative estimate of drug-likeness (QED) is 0.153. The molecule has 3 amide bonds. The Morgan fingerprint density at radius 2 is 1.69 bits per heavy atom. The van der Waals surface area contributed by atoms with E-state index in [2.05, 4.69) is 21.3 Å². The number of sulfonamides is 2. The van der Waals surface area contributed by atoms with Crippen LogP contribution in [0.4, 0.5) is 4.39 Å². The zero-order valence-corrected chi connectivity index (χ0v) is 34.6. The lowest BCUT2D eigenvalue weighted by Crippen LogP contribution is -2.60. The molecule has 2 saturated carbocycles. The van der Waals surface area contributed by atoms with Crippen LogP contribution < -0.4 is 24.2 Å². The first kappa shape index (κ1) is 41.8. The summed E-state index contributed by atoms with van der Waals surface area (Å²) in [5.74, 6) is -2.71. The van der Waals surface area contributed by atoms with E-state index >= 15 is 0 Å². The molecule has 3 fully saturated rings. The Morgan fingerprint density at radius 3 is 2.31 bits per heavy atom. The molecule has 5 atom stereocenters. The second-order valence-electron chi connectivity index (χ2n) is 16.3. The van der Waals surface area contributed by atoms with Gasteiger partial charge in [-0.15, -0.1) is 6.58 Å². The number of likely N-dealkylation sites (tertiary alicyclic amines) is 1. The minimum Gasteiger partial charge on any atom is -0.497 e. The number of carbonyl (C=O) groups is 3. The van der Waals surface area contributed by atoms with E-state index in [0.717, 1.165) is 29.8 Å². The maximum atomic E-state index is 14.8. The summed E-state index contributed by atoms with van der Waals surface area (Å²) in [6.45, 7) is 8.55. The molecule has 2 aliphatic carbocycles. The van der Waals surface area contributed by atoms with Crippen molar-refractivity contribution in [1.29, 1.82) is 0 Å². The van der Waals surface area contributed by atoms with Crippen LogP contribution in [-0.2, 0) is 34.4 Å². The fourth-order valence-corrected chi connectivity index (χ4v) is 10.1. The third-order valence-corrected chi connectivity index (χ3v) is 14.2. The van der Waals surface area contributed by atoms with E-state index in [1.165, 1.54) is 18.1 Å². The molecule has 312 valence electrons. The number of rotatable bonds is 14. The predicted molar refractivity (Wildman–Crippen MR) is 217 cm³/mol. The lowest BCUT2D eigenvalue weighted by molar-refractivity contribution is -0.142. The summed E-state index contributed by atoms with van der Waals surface area (Å²) in [7, 11) is -6.82. The Balaban J connectivity index is 1.24. The van der Waals surface area contributed by atoms with Gasteiger partial charge in [0.15, 0.2) is 0 Å². The van der Waals surface area contributed by atoms with Crippen LogP contribution in [0.25, 0.3) is 22.2 Å². The highest BCUT2D eigenvalue weighted by molar-refractivity contribution is 7.91. The third-order valence-electron chi connectivity index (χ3n) is 10.9. The lowest BCUT2D eigenvalue weighted by atomic mass is 9.86. The van der Waals surface area contributed by atoms with Gasteiger partial charge >= 0.3 is 0 Å². The highest BCUT2D eigenvalue weighted by atomic mass is 32.2. The fraction of sp³-hybridized carbons (Fsp3) is 0.381. The molecule has 3 aliphatic rings. The zero-order chi connectivity index (χ0) is 42.5. The molecule has 1 aliphatic heterocycles. The second kappa shape index (κ2) is 15.7. The number of benzene rings is 3. The van der Waals surface area contributed by atoms with Gasteiger partial charge in [0, 0.05) is 35.4 Å². The van der Waals surface area contributed by atoms with Crippen molar-refractivity contribution in [2.75, 3.05) is 13.7 Å². The Morgan fingerprint density at radius 1 is 1.00 bits per heavy atom. The number of nitrogens with one attached hydrogen (secondary N) is 3. The van der Waals surface area contributed by atoms with Gasteiger partial charge in [-0.05, 0) is 61.1 Å². The van der Waals surface area contributed by atoms with Gasteiger partial charge in [-0.1, -0.05) is 57.2 Å². The molecule has 59 heavy (non-hydrogen) atoms. The molecule has 14 nitrogen and oxygen atoms in total. The highest BCUT2D eigenvalue weighted by Crippen LogP contribution is 2.46. The predicted octanol–water partition coefficient (Wildman–Crippen LogP) is 4.46. The number of carbonyl (C=O) groups excluding carboxylic acids is 3. The van der Waals surface area contributed by atoms with E-state index in [-0.39, 0.29) is 24.3 Å². The number of methoxy groups -OCH3 is 1. The molecule has 0 bridgehead atoms. The second-order valence-corrected chi connectivity index (χ2v) is 20.0. The zero-order valence-electron chi connectivity index (χ0n) is 33.0. The van der Waals surface area contributed by atoms with Crippen molar-refractivity contribution in [3.63, 3.8) is 0 Å². The molecule has 7 rings (SSSR count). The number of hydrogen-bond donors (Lipinski definition) is 3. The number of amides is 3. The molecular formula is C42H46FN5O9S2. The largest absolute Gasteiger partial charge is 0.497 e. The van der Waals surface area contributed by atoms with Crippen molar-refractivity contribution in [2.45, 2.75) is 80.3 Å². The molecule has 0 radical (unpaired) electrons. The molecule has 2 heterocycles. The Bertz CT molecular complexity index is 2530. The first-order valence-corrected chi connectivity index (χ1v) is 22.2. The summed E-state index contributed by atoms with van der Waals surface area (Å²) in [5, 5.41) is 2.68. The number of aromatic nitrogens is 1. The van der Waals surface area contributed by atoms with Crippen molar-refractivity contribution in [1.82, 2.24) is 24.6 Å². The minimum absolute atomic E-state index is 0.0751. The van der Waals surface area contributed by atoms with Crippen LogP contribution in [0, 0.1) is 17.2 Å². The van der Waals surface area contributed by atoms with Crippen LogP contribution in [0.3, 0.4) is 0 Å². The first-order chi connectivity index (χ1) is 27.8. The van der Waals surface area contributed by atoms with Crippen molar-refractivity contribution >= 4 is 48.7 Å². The maximum absolute atomic E-state index is 14.8. The topological polar surface area (TPSA) is 190 Å². The van der Waals surface area contributed by atoms with Crippen LogP contribution in [0.2, 0.25) is 0 Å². The molecular weight excluding hydrogens is 802 g/mol. The van der Waals surface area contributed by atoms with Gasteiger partial charge in [0.1, 0.15) is 41.0 Å². The number of pyridine rings is 1. The lowest BCUT2D eigenvalue weighted by Gasteiger charge is -2.35. The molecule has 0 spiro atoms. The van der Waals surface area contributed by atoms with E-state index < -0.39 is 83.9 Å². The van der Waals surface area contributed by atoms with Gasteiger partial charge in [-0.2, -0.15) is 4.72 Å². The number of hydrogen-bond acceptors (Lipinski definition) is 10. The Hall–Kier alpha value is -5.39. The molecule has 3 N–H and O–H groups in total. The summed E-state index contributed by atoms with van der Waals surface area (Å²) >= 11 is 0. The molecule has 4 aromatic rings. The number of halogens is 1. The average Bonchev–Trinajstić information content (AvgIpc) is 4.13. The highest BCUT2D eigenvalue weighted by Gasteiger charge is 2.62. The molecule has 1 aromatic heterocycles. The number of ether oxygens (including phenoxy) is 2.